The first-order chi connectivity index (χ1) is 9.89. The number of benzene rings is 1. The molecule has 1 N–H and O–H groups in total. The van der Waals surface area contributed by atoms with Crippen molar-refractivity contribution >= 4 is 15.5 Å². The van der Waals surface area contributed by atoms with E-state index < -0.39 is 14.8 Å². The Kier molecular flexibility index (Phi) is 4.79. The van der Waals surface area contributed by atoms with Crippen LogP contribution >= 0.6 is 0 Å². The quantitative estimate of drug-likeness (QED) is 0.649. The first-order valence-corrected chi connectivity index (χ1v) is 8.48. The van der Waals surface area contributed by atoms with Crippen LogP contribution in [0.1, 0.15) is 18.4 Å². The molecular weight excluding hydrogens is 296 g/mol. The largest absolute Gasteiger partial charge is 0.496 e. The van der Waals surface area contributed by atoms with Gasteiger partial charge < -0.3 is 10.1 Å². The lowest BCUT2D eigenvalue weighted by molar-refractivity contribution is -0.385. The van der Waals surface area contributed by atoms with Crippen LogP contribution in [-0.4, -0.2) is 38.0 Å². The highest BCUT2D eigenvalue weighted by Crippen LogP contribution is 2.23. The van der Waals surface area contributed by atoms with Gasteiger partial charge in [-0.2, -0.15) is 0 Å². The Morgan fingerprint density at radius 1 is 1.33 bits per heavy atom. The second-order valence-corrected chi connectivity index (χ2v) is 7.41. The van der Waals surface area contributed by atoms with Gasteiger partial charge in [-0.05, 0) is 24.5 Å². The summed E-state index contributed by atoms with van der Waals surface area (Å²) >= 11 is 0. The topological polar surface area (TPSA) is 98.5 Å². The molecule has 0 aromatic heterocycles. The second-order valence-electron chi connectivity index (χ2n) is 5.10. The normalized spacial score (nSPS) is 18.3. The monoisotopic (exact) mass is 314 g/mol. The Bertz CT molecular complexity index is 615. The standard InChI is InChI=1S/C13H18N2O5S/c1-20-13-7-10(6-12(8-13)15(16)17)9-14-11-2-4-21(18,19)5-3-11/h6-8,11,14H,2-5,9H2,1H3. The minimum absolute atomic E-state index is 0.0163. The predicted octanol–water partition coefficient (Wildman–Crippen LogP) is 1.27. The molecule has 116 valence electrons. The summed E-state index contributed by atoms with van der Waals surface area (Å²) in [5, 5.41) is 14.1. The molecule has 21 heavy (non-hydrogen) atoms. The highest BCUT2D eigenvalue weighted by Gasteiger charge is 2.23. The molecule has 1 heterocycles. The summed E-state index contributed by atoms with van der Waals surface area (Å²) in [5.41, 5.74) is 0.729. The molecule has 2 rings (SSSR count). The number of nitrogens with zero attached hydrogens (tertiary/aromatic N) is 1. The van der Waals surface area contributed by atoms with Crippen LogP contribution in [0.25, 0.3) is 0 Å². The van der Waals surface area contributed by atoms with Crippen LogP contribution in [0, 0.1) is 10.1 Å². The molecule has 0 bridgehead atoms. The Balaban J connectivity index is 2.00. The molecule has 0 radical (unpaired) electrons. The summed E-state index contributed by atoms with van der Waals surface area (Å²) in [6.07, 6.45) is 1.16. The zero-order valence-corrected chi connectivity index (χ0v) is 12.6. The fraction of sp³-hybridized carbons (Fsp3) is 0.538. The van der Waals surface area contributed by atoms with Gasteiger partial charge in [0.25, 0.3) is 5.69 Å². The zero-order valence-electron chi connectivity index (χ0n) is 11.7. The highest BCUT2D eigenvalue weighted by atomic mass is 32.2. The summed E-state index contributed by atoms with van der Waals surface area (Å²) in [5.74, 6) is 0.832. The average molecular weight is 314 g/mol. The molecule has 0 saturated carbocycles. The molecule has 1 aliphatic rings. The van der Waals surface area contributed by atoms with E-state index in [0.29, 0.717) is 25.1 Å². The van der Waals surface area contributed by atoms with Gasteiger partial charge in [0, 0.05) is 18.7 Å². The molecule has 1 saturated heterocycles. The van der Waals surface area contributed by atoms with E-state index in [9.17, 15) is 18.5 Å². The summed E-state index contributed by atoms with van der Waals surface area (Å²) in [6.45, 7) is 0.447. The summed E-state index contributed by atoms with van der Waals surface area (Å²) in [4.78, 5) is 10.4. The van der Waals surface area contributed by atoms with E-state index in [0.717, 1.165) is 5.56 Å². The highest BCUT2D eigenvalue weighted by molar-refractivity contribution is 7.91. The Labute approximate surface area is 123 Å². The first kappa shape index (κ1) is 15.7. The van der Waals surface area contributed by atoms with E-state index in [-0.39, 0.29) is 23.2 Å². The van der Waals surface area contributed by atoms with E-state index in [2.05, 4.69) is 5.32 Å². The lowest BCUT2D eigenvalue weighted by atomic mass is 10.1. The molecule has 1 aliphatic heterocycles. The van der Waals surface area contributed by atoms with Gasteiger partial charge in [0.05, 0.1) is 29.6 Å². The van der Waals surface area contributed by atoms with Crippen LogP contribution in [-0.2, 0) is 16.4 Å². The fourth-order valence-corrected chi connectivity index (χ4v) is 3.82. The number of hydrogen-bond acceptors (Lipinski definition) is 6. The number of nitro groups is 1. The van der Waals surface area contributed by atoms with Gasteiger partial charge in [0.2, 0.25) is 0 Å². The lowest BCUT2D eigenvalue weighted by Gasteiger charge is -2.23. The summed E-state index contributed by atoms with van der Waals surface area (Å²) < 4.78 is 27.8. The first-order valence-electron chi connectivity index (χ1n) is 6.66. The van der Waals surface area contributed by atoms with Crippen molar-refractivity contribution in [3.8, 4) is 5.75 Å². The number of methoxy groups -OCH3 is 1. The number of nitro benzene ring substituents is 1. The maximum absolute atomic E-state index is 11.4. The van der Waals surface area contributed by atoms with Crippen molar-refractivity contribution in [3.63, 3.8) is 0 Å². The molecule has 1 aromatic carbocycles. The Morgan fingerprint density at radius 3 is 2.57 bits per heavy atom. The van der Waals surface area contributed by atoms with E-state index >= 15 is 0 Å². The molecule has 7 nitrogen and oxygen atoms in total. The number of sulfone groups is 1. The number of hydrogen-bond donors (Lipinski definition) is 1. The van der Waals surface area contributed by atoms with Gasteiger partial charge in [-0.15, -0.1) is 0 Å². The van der Waals surface area contributed by atoms with Gasteiger partial charge >= 0.3 is 0 Å². The van der Waals surface area contributed by atoms with Crippen LogP contribution in [0.5, 0.6) is 5.75 Å². The number of nitrogens with one attached hydrogen (secondary N) is 1. The van der Waals surface area contributed by atoms with Gasteiger partial charge in [0.15, 0.2) is 0 Å². The van der Waals surface area contributed by atoms with Crippen LogP contribution in [0.3, 0.4) is 0 Å². The fourth-order valence-electron chi connectivity index (χ4n) is 2.33. The SMILES string of the molecule is COc1cc(CNC2CCS(=O)(=O)CC2)cc([N+](=O)[O-])c1. The number of ether oxygens (including phenoxy) is 1. The molecular formula is C13H18N2O5S. The average Bonchev–Trinajstić information content (AvgIpc) is 2.45. The zero-order chi connectivity index (χ0) is 15.5. The van der Waals surface area contributed by atoms with Crippen molar-refractivity contribution in [2.75, 3.05) is 18.6 Å². The maximum Gasteiger partial charge on any atom is 0.273 e. The minimum atomic E-state index is -2.88. The van der Waals surface area contributed by atoms with Gasteiger partial charge in [-0.25, -0.2) is 8.42 Å². The lowest BCUT2D eigenvalue weighted by Crippen LogP contribution is -2.37. The van der Waals surface area contributed by atoms with E-state index in [1.807, 2.05) is 0 Å². The van der Waals surface area contributed by atoms with Crippen molar-refractivity contribution < 1.29 is 18.1 Å². The van der Waals surface area contributed by atoms with Crippen LogP contribution < -0.4 is 10.1 Å². The predicted molar refractivity (Wildman–Crippen MR) is 78.2 cm³/mol. The third-order valence-electron chi connectivity index (χ3n) is 3.55. The van der Waals surface area contributed by atoms with Crippen molar-refractivity contribution in [1.82, 2.24) is 5.32 Å². The maximum atomic E-state index is 11.4. The third-order valence-corrected chi connectivity index (χ3v) is 5.26. The Morgan fingerprint density at radius 2 is 2.00 bits per heavy atom. The van der Waals surface area contributed by atoms with Crippen LogP contribution in [0.4, 0.5) is 5.69 Å². The third kappa shape index (κ3) is 4.40. The number of rotatable bonds is 5. The molecule has 1 fully saturated rings. The van der Waals surface area contributed by atoms with E-state index in [1.165, 1.54) is 19.2 Å². The van der Waals surface area contributed by atoms with E-state index in [1.54, 1.807) is 6.07 Å². The van der Waals surface area contributed by atoms with Crippen LogP contribution in [0.15, 0.2) is 18.2 Å². The van der Waals surface area contributed by atoms with Crippen LogP contribution in [0.2, 0.25) is 0 Å². The number of non-ortho nitro benzene ring substituents is 1. The molecule has 0 atom stereocenters. The van der Waals surface area contributed by atoms with Gasteiger partial charge in [-0.3, -0.25) is 10.1 Å². The van der Waals surface area contributed by atoms with Crippen molar-refractivity contribution in [2.24, 2.45) is 0 Å². The molecule has 8 heteroatoms. The van der Waals surface area contributed by atoms with Gasteiger partial charge in [0.1, 0.15) is 15.6 Å². The molecule has 1 aromatic rings. The van der Waals surface area contributed by atoms with Crippen molar-refractivity contribution in [2.45, 2.75) is 25.4 Å². The summed E-state index contributed by atoms with van der Waals surface area (Å²) in [6, 6.07) is 4.73. The van der Waals surface area contributed by atoms with E-state index in [4.69, 9.17) is 4.74 Å². The van der Waals surface area contributed by atoms with Crippen molar-refractivity contribution in [1.29, 1.82) is 0 Å². The second kappa shape index (κ2) is 6.40. The smallest absolute Gasteiger partial charge is 0.273 e. The Hall–Kier alpha value is -1.67. The van der Waals surface area contributed by atoms with Crippen molar-refractivity contribution in [3.05, 3.63) is 33.9 Å². The summed E-state index contributed by atoms with van der Waals surface area (Å²) in [7, 11) is -1.42. The minimum Gasteiger partial charge on any atom is -0.496 e. The van der Waals surface area contributed by atoms with Gasteiger partial charge in [-0.1, -0.05) is 0 Å². The molecule has 0 aliphatic carbocycles. The molecule has 0 spiro atoms. The molecule has 0 unspecified atom stereocenters. The molecule has 0 amide bonds.